The zero-order chi connectivity index (χ0) is 14.5. The van der Waals surface area contributed by atoms with Gasteiger partial charge in [0.2, 0.25) is 5.91 Å². The minimum absolute atomic E-state index is 0.0793. The molecule has 0 aliphatic carbocycles. The minimum Gasteiger partial charge on any atom is -0.393 e. The normalized spacial score (nSPS) is 17.8. The molecule has 1 aromatic rings. The number of hydrogen-bond acceptors (Lipinski definition) is 2. The Kier molecular flexibility index (Phi) is 5.12. The van der Waals surface area contributed by atoms with E-state index in [1.807, 2.05) is 11.0 Å². The first kappa shape index (κ1) is 15.0. The number of carbonyl (C=O) groups is 1. The van der Waals surface area contributed by atoms with Crippen LogP contribution in [0.5, 0.6) is 0 Å². The van der Waals surface area contributed by atoms with Gasteiger partial charge in [-0.25, -0.2) is 0 Å². The molecule has 1 aliphatic rings. The molecule has 2 rings (SSSR count). The molecule has 1 heterocycles. The third-order valence-electron chi connectivity index (χ3n) is 4.09. The number of carbonyl (C=O) groups excluding carboxylic acids is 1. The Morgan fingerprint density at radius 3 is 2.50 bits per heavy atom. The zero-order valence-electron chi connectivity index (χ0n) is 11.9. The lowest BCUT2D eigenvalue weighted by Gasteiger charge is -2.33. The molecular formula is C16H22N2OS. The summed E-state index contributed by atoms with van der Waals surface area (Å²) in [5, 5.41) is 0. The highest BCUT2D eigenvalue weighted by Gasteiger charge is 2.27. The Balaban J connectivity index is 1.83. The van der Waals surface area contributed by atoms with Gasteiger partial charge >= 0.3 is 0 Å². The summed E-state index contributed by atoms with van der Waals surface area (Å²) < 4.78 is 0. The predicted molar refractivity (Wildman–Crippen MR) is 85.4 cm³/mol. The van der Waals surface area contributed by atoms with Crippen LogP contribution < -0.4 is 5.73 Å². The van der Waals surface area contributed by atoms with Crippen LogP contribution in [0.4, 0.5) is 0 Å². The summed E-state index contributed by atoms with van der Waals surface area (Å²) in [6.07, 6.45) is 3.23. The largest absolute Gasteiger partial charge is 0.393 e. The molecule has 0 bridgehead atoms. The molecule has 108 valence electrons. The van der Waals surface area contributed by atoms with E-state index in [2.05, 4.69) is 24.3 Å². The van der Waals surface area contributed by atoms with Gasteiger partial charge in [-0.05, 0) is 37.7 Å². The highest BCUT2D eigenvalue weighted by molar-refractivity contribution is 7.80. The van der Waals surface area contributed by atoms with Crippen molar-refractivity contribution >= 4 is 23.1 Å². The number of benzene rings is 1. The summed E-state index contributed by atoms with van der Waals surface area (Å²) >= 11 is 4.90. The first-order valence-electron chi connectivity index (χ1n) is 7.20. The molecule has 2 N–H and O–H groups in total. The summed E-state index contributed by atoms with van der Waals surface area (Å²) in [6, 6.07) is 10.6. The van der Waals surface area contributed by atoms with E-state index in [0.29, 0.717) is 10.9 Å². The maximum atomic E-state index is 12.2. The zero-order valence-corrected chi connectivity index (χ0v) is 12.7. The minimum atomic E-state index is -0.337. The maximum Gasteiger partial charge on any atom is 0.232 e. The third-order valence-corrected chi connectivity index (χ3v) is 4.44. The summed E-state index contributed by atoms with van der Waals surface area (Å²) in [4.78, 5) is 14.4. The van der Waals surface area contributed by atoms with Gasteiger partial charge in [0.1, 0.15) is 0 Å². The average molecular weight is 290 g/mol. The third kappa shape index (κ3) is 3.79. The van der Waals surface area contributed by atoms with Gasteiger partial charge in [0.05, 0.1) is 10.9 Å². The molecule has 1 saturated heterocycles. The molecule has 4 heteroatoms. The van der Waals surface area contributed by atoms with Gasteiger partial charge < -0.3 is 10.6 Å². The lowest BCUT2D eigenvalue weighted by molar-refractivity contribution is -0.134. The lowest BCUT2D eigenvalue weighted by atomic mass is 9.90. The molecule has 3 nitrogen and oxygen atoms in total. The van der Waals surface area contributed by atoms with Crippen molar-refractivity contribution in [3.63, 3.8) is 0 Å². The first-order chi connectivity index (χ1) is 9.58. The van der Waals surface area contributed by atoms with E-state index in [0.717, 1.165) is 32.4 Å². The smallest absolute Gasteiger partial charge is 0.232 e. The van der Waals surface area contributed by atoms with Crippen molar-refractivity contribution in [3.05, 3.63) is 35.9 Å². The Morgan fingerprint density at radius 1 is 1.35 bits per heavy atom. The van der Waals surface area contributed by atoms with Gasteiger partial charge in [0, 0.05) is 13.1 Å². The number of thiocarbonyl (C=S) groups is 1. The van der Waals surface area contributed by atoms with Crippen LogP contribution in [0.25, 0.3) is 0 Å². The van der Waals surface area contributed by atoms with Crippen molar-refractivity contribution < 1.29 is 4.79 Å². The Morgan fingerprint density at radius 2 is 1.95 bits per heavy atom. The molecule has 0 aromatic heterocycles. The van der Waals surface area contributed by atoms with Crippen LogP contribution in [0.15, 0.2) is 30.3 Å². The number of piperidine rings is 1. The van der Waals surface area contributed by atoms with Gasteiger partial charge in [0.15, 0.2) is 0 Å². The quantitative estimate of drug-likeness (QED) is 0.866. The molecule has 0 saturated carbocycles. The van der Waals surface area contributed by atoms with Crippen molar-refractivity contribution in [2.45, 2.75) is 26.2 Å². The van der Waals surface area contributed by atoms with Crippen molar-refractivity contribution in [1.82, 2.24) is 4.90 Å². The molecule has 1 unspecified atom stereocenters. The summed E-state index contributed by atoms with van der Waals surface area (Å²) in [7, 11) is 0. The van der Waals surface area contributed by atoms with Gasteiger partial charge in [-0.3, -0.25) is 4.79 Å². The van der Waals surface area contributed by atoms with E-state index in [-0.39, 0.29) is 11.8 Å². The molecule has 0 spiro atoms. The number of amides is 1. The Hall–Kier alpha value is -1.42. The van der Waals surface area contributed by atoms with Crippen molar-refractivity contribution in [2.24, 2.45) is 17.6 Å². The lowest BCUT2D eigenvalue weighted by Crippen LogP contribution is -2.44. The van der Waals surface area contributed by atoms with E-state index in [1.54, 1.807) is 6.92 Å². The van der Waals surface area contributed by atoms with Crippen molar-refractivity contribution in [2.75, 3.05) is 13.1 Å². The number of likely N-dealkylation sites (tertiary alicyclic amines) is 1. The van der Waals surface area contributed by atoms with Crippen LogP contribution in [0.1, 0.15) is 25.3 Å². The van der Waals surface area contributed by atoms with E-state index < -0.39 is 0 Å². The summed E-state index contributed by atoms with van der Waals surface area (Å²) in [5.41, 5.74) is 6.94. The summed E-state index contributed by atoms with van der Waals surface area (Å²) in [6.45, 7) is 3.44. The summed E-state index contributed by atoms with van der Waals surface area (Å²) in [5.74, 6) is 0.410. The van der Waals surface area contributed by atoms with E-state index in [9.17, 15) is 4.79 Å². The molecule has 20 heavy (non-hydrogen) atoms. The molecular weight excluding hydrogens is 268 g/mol. The fourth-order valence-corrected chi connectivity index (χ4v) is 2.80. The van der Waals surface area contributed by atoms with Crippen LogP contribution in [0, 0.1) is 11.8 Å². The molecule has 1 aliphatic heterocycles. The topological polar surface area (TPSA) is 46.3 Å². The standard InChI is InChI=1S/C16H22N2OS/c1-12(15(17)20)16(19)18-9-7-14(8-10-18)11-13-5-3-2-4-6-13/h2-6,12,14H,7-11H2,1H3,(H2,17,20). The van der Waals surface area contributed by atoms with Crippen LogP contribution >= 0.6 is 12.2 Å². The van der Waals surface area contributed by atoms with Gasteiger partial charge in [-0.1, -0.05) is 42.5 Å². The fraction of sp³-hybridized carbons (Fsp3) is 0.500. The van der Waals surface area contributed by atoms with Gasteiger partial charge in [-0.2, -0.15) is 0 Å². The Bertz CT molecular complexity index is 467. The van der Waals surface area contributed by atoms with Crippen LogP contribution in [-0.2, 0) is 11.2 Å². The first-order valence-corrected chi connectivity index (χ1v) is 7.60. The molecule has 1 amide bonds. The van der Waals surface area contributed by atoms with Crippen LogP contribution in [-0.4, -0.2) is 28.9 Å². The van der Waals surface area contributed by atoms with E-state index >= 15 is 0 Å². The molecule has 1 atom stereocenters. The number of hydrogen-bond donors (Lipinski definition) is 1. The van der Waals surface area contributed by atoms with Gasteiger partial charge in [-0.15, -0.1) is 0 Å². The van der Waals surface area contributed by atoms with Crippen molar-refractivity contribution in [3.8, 4) is 0 Å². The maximum absolute atomic E-state index is 12.2. The highest BCUT2D eigenvalue weighted by Crippen LogP contribution is 2.22. The second-order valence-corrected chi connectivity index (χ2v) is 6.05. The molecule has 1 aromatic carbocycles. The van der Waals surface area contributed by atoms with E-state index in [1.165, 1.54) is 5.56 Å². The van der Waals surface area contributed by atoms with Crippen LogP contribution in [0.2, 0.25) is 0 Å². The number of rotatable bonds is 4. The highest BCUT2D eigenvalue weighted by atomic mass is 32.1. The number of nitrogens with zero attached hydrogens (tertiary/aromatic N) is 1. The van der Waals surface area contributed by atoms with Gasteiger partial charge in [0.25, 0.3) is 0 Å². The number of nitrogens with two attached hydrogens (primary N) is 1. The molecule has 0 radical (unpaired) electrons. The average Bonchev–Trinajstić information content (AvgIpc) is 2.47. The van der Waals surface area contributed by atoms with Crippen molar-refractivity contribution in [1.29, 1.82) is 0 Å². The second kappa shape index (κ2) is 6.84. The van der Waals surface area contributed by atoms with Crippen LogP contribution in [0.3, 0.4) is 0 Å². The SMILES string of the molecule is CC(C(=O)N1CCC(Cc2ccccc2)CC1)C(N)=S. The Labute approximate surface area is 126 Å². The fourth-order valence-electron chi connectivity index (χ4n) is 2.70. The monoisotopic (exact) mass is 290 g/mol. The second-order valence-electron chi connectivity index (χ2n) is 5.58. The predicted octanol–water partition coefficient (Wildman–Crippen LogP) is 2.39. The molecule has 1 fully saturated rings. The van der Waals surface area contributed by atoms with E-state index in [4.69, 9.17) is 18.0 Å².